The summed E-state index contributed by atoms with van der Waals surface area (Å²) in [5.41, 5.74) is 2.05. The van der Waals surface area contributed by atoms with E-state index in [0.29, 0.717) is 45.4 Å². The van der Waals surface area contributed by atoms with Crippen molar-refractivity contribution in [1.29, 1.82) is 0 Å². The number of nitrogens with zero attached hydrogens (tertiary/aromatic N) is 3. The van der Waals surface area contributed by atoms with Crippen LogP contribution in [0.2, 0.25) is 0 Å². The van der Waals surface area contributed by atoms with Crippen LogP contribution in [0.4, 0.5) is 4.79 Å². The molecule has 0 saturated carbocycles. The summed E-state index contributed by atoms with van der Waals surface area (Å²) < 4.78 is 0. The Labute approximate surface area is 204 Å². The van der Waals surface area contributed by atoms with Crippen molar-refractivity contribution >= 4 is 23.8 Å². The molecule has 2 saturated heterocycles. The van der Waals surface area contributed by atoms with E-state index >= 15 is 0 Å². The van der Waals surface area contributed by atoms with Crippen molar-refractivity contribution in [3.8, 4) is 0 Å². The number of rotatable bonds is 6. The lowest BCUT2D eigenvalue weighted by atomic mass is 9.92. The summed E-state index contributed by atoms with van der Waals surface area (Å²) in [6.45, 7) is 1.46. The van der Waals surface area contributed by atoms with Crippen molar-refractivity contribution in [2.45, 2.75) is 37.6 Å². The Kier molecular flexibility index (Phi) is 6.28. The number of imide groups is 1. The zero-order valence-corrected chi connectivity index (χ0v) is 19.7. The van der Waals surface area contributed by atoms with Crippen molar-refractivity contribution < 1.29 is 19.2 Å². The molecule has 2 heterocycles. The number of benzene rings is 2. The summed E-state index contributed by atoms with van der Waals surface area (Å²) in [5, 5.41) is 2.86. The van der Waals surface area contributed by atoms with Gasteiger partial charge in [-0.1, -0.05) is 54.6 Å². The van der Waals surface area contributed by atoms with Crippen LogP contribution >= 0.6 is 0 Å². The number of amides is 5. The minimum atomic E-state index is -1.06. The third kappa shape index (κ3) is 4.40. The van der Waals surface area contributed by atoms with Crippen LogP contribution in [-0.4, -0.2) is 71.2 Å². The first-order chi connectivity index (χ1) is 17.0. The SMILES string of the molecule is O=C(CCCc1ccccc1)N1CCN(C(=O)CN2C(=O)NC3(CCc4ccccc43)C2=O)CC1. The summed E-state index contributed by atoms with van der Waals surface area (Å²) in [5.74, 6) is -0.523. The molecule has 2 aliphatic heterocycles. The van der Waals surface area contributed by atoms with Crippen LogP contribution in [0, 0.1) is 0 Å². The first-order valence-corrected chi connectivity index (χ1v) is 12.3. The Morgan fingerprint density at radius 1 is 0.857 bits per heavy atom. The highest BCUT2D eigenvalue weighted by atomic mass is 16.2. The molecule has 0 aromatic heterocycles. The molecule has 1 aliphatic carbocycles. The Balaban J connectivity index is 1.12. The molecule has 0 radical (unpaired) electrons. The number of carbonyl (C=O) groups is 4. The van der Waals surface area contributed by atoms with Crippen molar-refractivity contribution in [3.05, 3.63) is 71.3 Å². The molecule has 5 rings (SSSR count). The van der Waals surface area contributed by atoms with E-state index in [4.69, 9.17) is 0 Å². The Morgan fingerprint density at radius 2 is 1.51 bits per heavy atom. The molecule has 2 aromatic carbocycles. The van der Waals surface area contributed by atoms with Gasteiger partial charge in [0.15, 0.2) is 0 Å². The van der Waals surface area contributed by atoms with Crippen molar-refractivity contribution in [3.63, 3.8) is 0 Å². The first kappa shape index (κ1) is 23.1. The van der Waals surface area contributed by atoms with Crippen LogP contribution in [-0.2, 0) is 32.8 Å². The molecule has 1 N–H and O–H groups in total. The maximum atomic E-state index is 13.3. The maximum absolute atomic E-state index is 13.3. The second-order valence-corrected chi connectivity index (χ2v) is 9.48. The van der Waals surface area contributed by atoms with Gasteiger partial charge in [0.25, 0.3) is 5.91 Å². The van der Waals surface area contributed by atoms with E-state index in [0.717, 1.165) is 28.9 Å². The lowest BCUT2D eigenvalue weighted by molar-refractivity contribution is -0.142. The third-order valence-corrected chi connectivity index (χ3v) is 7.40. The lowest BCUT2D eigenvalue weighted by Crippen LogP contribution is -2.53. The Bertz CT molecular complexity index is 1140. The molecule has 3 aliphatic rings. The second kappa shape index (κ2) is 9.52. The molecule has 35 heavy (non-hydrogen) atoms. The van der Waals surface area contributed by atoms with E-state index in [9.17, 15) is 19.2 Å². The average Bonchev–Trinajstić information content (AvgIpc) is 3.37. The summed E-state index contributed by atoms with van der Waals surface area (Å²) in [6, 6.07) is 17.2. The molecule has 2 fully saturated rings. The fourth-order valence-electron chi connectivity index (χ4n) is 5.42. The van der Waals surface area contributed by atoms with Crippen molar-refractivity contribution in [2.24, 2.45) is 0 Å². The van der Waals surface area contributed by atoms with Crippen LogP contribution in [0.15, 0.2) is 54.6 Å². The molecule has 8 heteroatoms. The summed E-state index contributed by atoms with van der Waals surface area (Å²) in [6.07, 6.45) is 3.36. The molecule has 5 amide bonds. The van der Waals surface area contributed by atoms with Crippen LogP contribution in [0.3, 0.4) is 0 Å². The number of nitrogens with one attached hydrogen (secondary N) is 1. The van der Waals surface area contributed by atoms with Crippen LogP contribution in [0.1, 0.15) is 36.0 Å². The predicted octanol–water partition coefficient (Wildman–Crippen LogP) is 2.07. The fourth-order valence-corrected chi connectivity index (χ4v) is 5.42. The number of fused-ring (bicyclic) bond motifs is 2. The van der Waals surface area contributed by atoms with Crippen LogP contribution < -0.4 is 5.32 Å². The number of hydrogen-bond acceptors (Lipinski definition) is 4. The van der Waals surface area contributed by atoms with E-state index in [1.807, 2.05) is 42.5 Å². The number of carbonyl (C=O) groups excluding carboxylic acids is 4. The molecule has 182 valence electrons. The summed E-state index contributed by atoms with van der Waals surface area (Å²) in [7, 11) is 0. The van der Waals surface area contributed by atoms with Gasteiger partial charge < -0.3 is 15.1 Å². The van der Waals surface area contributed by atoms with E-state index in [1.165, 1.54) is 5.56 Å². The molecule has 8 nitrogen and oxygen atoms in total. The molecule has 1 spiro atoms. The zero-order chi connectivity index (χ0) is 24.4. The van der Waals surface area contributed by atoms with Crippen molar-refractivity contribution in [1.82, 2.24) is 20.0 Å². The van der Waals surface area contributed by atoms with Gasteiger partial charge in [0, 0.05) is 32.6 Å². The van der Waals surface area contributed by atoms with Gasteiger partial charge in [-0.05, 0) is 42.4 Å². The van der Waals surface area contributed by atoms with Gasteiger partial charge in [0.1, 0.15) is 12.1 Å². The van der Waals surface area contributed by atoms with E-state index in [-0.39, 0.29) is 24.3 Å². The van der Waals surface area contributed by atoms with Gasteiger partial charge in [-0.3, -0.25) is 19.3 Å². The highest BCUT2D eigenvalue weighted by molar-refractivity contribution is 6.09. The lowest BCUT2D eigenvalue weighted by Gasteiger charge is -2.35. The smallest absolute Gasteiger partial charge is 0.325 e. The van der Waals surface area contributed by atoms with E-state index in [1.54, 1.807) is 9.80 Å². The largest absolute Gasteiger partial charge is 0.339 e. The predicted molar refractivity (Wildman–Crippen MR) is 129 cm³/mol. The minimum Gasteiger partial charge on any atom is -0.339 e. The normalized spacial score (nSPS) is 21.4. The van der Waals surface area contributed by atoms with Gasteiger partial charge in [0.05, 0.1) is 0 Å². The Morgan fingerprint density at radius 3 is 2.26 bits per heavy atom. The quantitative estimate of drug-likeness (QED) is 0.649. The van der Waals surface area contributed by atoms with E-state index < -0.39 is 11.6 Å². The van der Waals surface area contributed by atoms with E-state index in [2.05, 4.69) is 17.4 Å². The second-order valence-electron chi connectivity index (χ2n) is 9.48. The third-order valence-electron chi connectivity index (χ3n) is 7.40. The molecular formula is C27H30N4O4. The van der Waals surface area contributed by atoms with Crippen LogP contribution in [0.5, 0.6) is 0 Å². The van der Waals surface area contributed by atoms with Gasteiger partial charge >= 0.3 is 6.03 Å². The zero-order valence-electron chi connectivity index (χ0n) is 19.7. The summed E-state index contributed by atoms with van der Waals surface area (Å²) >= 11 is 0. The van der Waals surface area contributed by atoms with Crippen LogP contribution in [0.25, 0.3) is 0 Å². The summed E-state index contributed by atoms with van der Waals surface area (Å²) in [4.78, 5) is 56.0. The van der Waals surface area contributed by atoms with Crippen molar-refractivity contribution in [2.75, 3.05) is 32.7 Å². The van der Waals surface area contributed by atoms with Gasteiger partial charge in [-0.25, -0.2) is 4.79 Å². The fraction of sp³-hybridized carbons (Fsp3) is 0.407. The molecular weight excluding hydrogens is 444 g/mol. The maximum Gasteiger partial charge on any atom is 0.325 e. The highest BCUT2D eigenvalue weighted by Crippen LogP contribution is 2.41. The molecule has 1 atom stereocenters. The number of urea groups is 1. The highest BCUT2D eigenvalue weighted by Gasteiger charge is 2.55. The average molecular weight is 475 g/mol. The van der Waals surface area contributed by atoms with Gasteiger partial charge in [0.2, 0.25) is 11.8 Å². The monoisotopic (exact) mass is 474 g/mol. The molecule has 0 bridgehead atoms. The number of hydrogen-bond donors (Lipinski definition) is 1. The van der Waals surface area contributed by atoms with Gasteiger partial charge in [-0.2, -0.15) is 0 Å². The topological polar surface area (TPSA) is 90.0 Å². The minimum absolute atomic E-state index is 0.101. The molecule has 1 unspecified atom stereocenters. The standard InChI is InChI=1S/C27H30N4O4/c32-23(12-6-9-20-7-2-1-3-8-20)29-15-17-30(18-16-29)24(33)19-31-25(34)27(28-26(31)35)14-13-21-10-4-5-11-22(21)27/h1-5,7-8,10-11H,6,9,12-19H2,(H,28,35). The first-order valence-electron chi connectivity index (χ1n) is 12.3. The Hall–Kier alpha value is -3.68. The molecule has 2 aromatic rings. The van der Waals surface area contributed by atoms with Gasteiger partial charge in [-0.15, -0.1) is 0 Å². The number of aryl methyl sites for hydroxylation is 2. The number of piperazine rings is 1.